The summed E-state index contributed by atoms with van der Waals surface area (Å²) in [5.74, 6) is 2.14. The Kier molecular flexibility index (Phi) is 5.00. The maximum Gasteiger partial charge on any atom is 0.165 e. The highest BCUT2D eigenvalue weighted by Crippen LogP contribution is 2.37. The number of ether oxygens (including phenoxy) is 1. The van der Waals surface area contributed by atoms with Gasteiger partial charge in [-0.15, -0.1) is 0 Å². The van der Waals surface area contributed by atoms with Crippen molar-refractivity contribution < 1.29 is 4.74 Å². The Morgan fingerprint density at radius 2 is 1.89 bits per heavy atom. The molecule has 0 amide bonds. The standard InChI is InChI=1S/C23H30N4O/c1-6-11-26(7-2)23-18-9-8-10-20(18)25-22-19(14-24-27(22)23)21-15(3)12-17(28-5)13-16(21)4/h12-14H,6-11H2,1-5H3. The Labute approximate surface area is 167 Å². The van der Waals surface area contributed by atoms with Gasteiger partial charge in [0, 0.05) is 29.9 Å². The minimum Gasteiger partial charge on any atom is -0.497 e. The quantitative estimate of drug-likeness (QED) is 0.621. The van der Waals surface area contributed by atoms with Gasteiger partial charge in [-0.05, 0) is 75.3 Å². The molecule has 0 spiro atoms. The van der Waals surface area contributed by atoms with Crippen molar-refractivity contribution in [1.29, 1.82) is 0 Å². The minimum atomic E-state index is 0.893. The van der Waals surface area contributed by atoms with Crippen LogP contribution in [-0.2, 0) is 12.8 Å². The SMILES string of the molecule is CCCN(CC)c1c2c(nc3c(-c4c(C)cc(OC)cc4C)cnn13)CCC2. The zero-order valence-corrected chi connectivity index (χ0v) is 17.7. The third kappa shape index (κ3) is 2.93. The molecule has 0 bridgehead atoms. The molecule has 4 rings (SSSR count). The zero-order valence-electron chi connectivity index (χ0n) is 17.7. The molecule has 0 radical (unpaired) electrons. The first-order valence-electron chi connectivity index (χ1n) is 10.4. The van der Waals surface area contributed by atoms with Crippen LogP contribution in [0, 0.1) is 13.8 Å². The van der Waals surface area contributed by atoms with Gasteiger partial charge < -0.3 is 9.64 Å². The summed E-state index contributed by atoms with van der Waals surface area (Å²) in [5.41, 5.74) is 8.32. The Balaban J connectivity index is 1.97. The van der Waals surface area contributed by atoms with Gasteiger partial charge in [-0.3, -0.25) is 0 Å². The largest absolute Gasteiger partial charge is 0.497 e. The molecule has 0 aliphatic heterocycles. The van der Waals surface area contributed by atoms with Gasteiger partial charge in [0.2, 0.25) is 0 Å². The summed E-state index contributed by atoms with van der Waals surface area (Å²) < 4.78 is 7.53. The fourth-order valence-corrected chi connectivity index (χ4v) is 4.60. The van der Waals surface area contributed by atoms with E-state index in [9.17, 15) is 0 Å². The van der Waals surface area contributed by atoms with E-state index in [0.29, 0.717) is 0 Å². The van der Waals surface area contributed by atoms with Crippen molar-refractivity contribution in [2.24, 2.45) is 0 Å². The van der Waals surface area contributed by atoms with E-state index in [2.05, 4.69) is 49.2 Å². The van der Waals surface area contributed by atoms with E-state index in [4.69, 9.17) is 14.8 Å². The summed E-state index contributed by atoms with van der Waals surface area (Å²) >= 11 is 0. The normalized spacial score (nSPS) is 13.2. The van der Waals surface area contributed by atoms with Gasteiger partial charge in [-0.2, -0.15) is 9.61 Å². The monoisotopic (exact) mass is 378 g/mol. The van der Waals surface area contributed by atoms with Crippen molar-refractivity contribution in [3.8, 4) is 16.9 Å². The highest BCUT2D eigenvalue weighted by Gasteiger charge is 2.26. The molecule has 1 aliphatic carbocycles. The average molecular weight is 379 g/mol. The first-order valence-corrected chi connectivity index (χ1v) is 10.4. The van der Waals surface area contributed by atoms with Crippen LogP contribution >= 0.6 is 0 Å². The molecule has 0 unspecified atom stereocenters. The second-order valence-electron chi connectivity index (χ2n) is 7.72. The summed E-state index contributed by atoms with van der Waals surface area (Å²) in [6.07, 6.45) is 6.46. The third-order valence-corrected chi connectivity index (χ3v) is 5.83. The van der Waals surface area contributed by atoms with Crippen LogP contribution < -0.4 is 9.64 Å². The number of hydrogen-bond acceptors (Lipinski definition) is 4. The highest BCUT2D eigenvalue weighted by molar-refractivity contribution is 5.83. The molecule has 28 heavy (non-hydrogen) atoms. The summed E-state index contributed by atoms with van der Waals surface area (Å²) in [7, 11) is 1.72. The second-order valence-corrected chi connectivity index (χ2v) is 7.72. The second kappa shape index (κ2) is 7.46. The Bertz CT molecular complexity index is 998. The number of anilines is 1. The van der Waals surface area contributed by atoms with E-state index in [1.165, 1.54) is 40.2 Å². The number of benzene rings is 1. The van der Waals surface area contributed by atoms with Crippen LogP contribution in [0.25, 0.3) is 16.8 Å². The molecule has 2 aromatic heterocycles. The number of methoxy groups -OCH3 is 1. The van der Waals surface area contributed by atoms with E-state index in [0.717, 1.165) is 49.3 Å². The molecular formula is C23H30N4O. The van der Waals surface area contributed by atoms with Gasteiger partial charge in [0.1, 0.15) is 11.6 Å². The Morgan fingerprint density at radius 1 is 1.14 bits per heavy atom. The van der Waals surface area contributed by atoms with E-state index in [-0.39, 0.29) is 0 Å². The van der Waals surface area contributed by atoms with Crippen molar-refractivity contribution in [2.75, 3.05) is 25.1 Å². The molecule has 5 heteroatoms. The molecule has 2 heterocycles. The Hall–Kier alpha value is -2.56. The maximum absolute atomic E-state index is 5.45. The van der Waals surface area contributed by atoms with Crippen LogP contribution in [0.2, 0.25) is 0 Å². The predicted molar refractivity (Wildman–Crippen MR) is 115 cm³/mol. The van der Waals surface area contributed by atoms with E-state index < -0.39 is 0 Å². The fraction of sp³-hybridized carbons (Fsp3) is 0.478. The number of aromatic nitrogens is 3. The lowest BCUT2D eigenvalue weighted by atomic mass is 9.97. The molecule has 0 fully saturated rings. The van der Waals surface area contributed by atoms with Crippen LogP contribution in [0.3, 0.4) is 0 Å². The number of nitrogens with zero attached hydrogens (tertiary/aromatic N) is 4. The molecule has 1 aromatic carbocycles. The summed E-state index contributed by atoms with van der Waals surface area (Å²) in [6, 6.07) is 4.19. The summed E-state index contributed by atoms with van der Waals surface area (Å²) in [5, 5.41) is 4.83. The van der Waals surface area contributed by atoms with Crippen molar-refractivity contribution in [2.45, 2.75) is 53.4 Å². The zero-order chi connectivity index (χ0) is 19.8. The van der Waals surface area contributed by atoms with Gasteiger partial charge in [0.25, 0.3) is 0 Å². The van der Waals surface area contributed by atoms with Crippen molar-refractivity contribution in [3.63, 3.8) is 0 Å². The molecule has 148 valence electrons. The van der Waals surface area contributed by atoms with E-state index in [1.807, 2.05) is 6.20 Å². The lowest BCUT2D eigenvalue weighted by molar-refractivity contribution is 0.414. The molecule has 3 aromatic rings. The Morgan fingerprint density at radius 3 is 2.54 bits per heavy atom. The molecule has 0 saturated heterocycles. The molecule has 0 atom stereocenters. The third-order valence-electron chi connectivity index (χ3n) is 5.83. The van der Waals surface area contributed by atoms with Crippen molar-refractivity contribution >= 4 is 11.5 Å². The van der Waals surface area contributed by atoms with Crippen LogP contribution in [0.4, 0.5) is 5.82 Å². The van der Waals surface area contributed by atoms with Gasteiger partial charge in [0.15, 0.2) is 5.65 Å². The van der Waals surface area contributed by atoms with E-state index >= 15 is 0 Å². The van der Waals surface area contributed by atoms with Crippen LogP contribution in [-0.4, -0.2) is 34.8 Å². The fourth-order valence-electron chi connectivity index (χ4n) is 4.60. The average Bonchev–Trinajstić information content (AvgIpc) is 3.31. The summed E-state index contributed by atoms with van der Waals surface area (Å²) in [6.45, 7) is 10.8. The lowest BCUT2D eigenvalue weighted by Gasteiger charge is -2.25. The first-order chi connectivity index (χ1) is 13.6. The topological polar surface area (TPSA) is 42.7 Å². The van der Waals surface area contributed by atoms with Gasteiger partial charge >= 0.3 is 0 Å². The molecule has 5 nitrogen and oxygen atoms in total. The van der Waals surface area contributed by atoms with Gasteiger partial charge in [0.05, 0.1) is 13.3 Å². The van der Waals surface area contributed by atoms with Gasteiger partial charge in [-0.1, -0.05) is 6.92 Å². The number of hydrogen-bond donors (Lipinski definition) is 0. The van der Waals surface area contributed by atoms with Crippen LogP contribution in [0.5, 0.6) is 5.75 Å². The lowest BCUT2D eigenvalue weighted by Crippen LogP contribution is -2.27. The number of fused-ring (bicyclic) bond motifs is 2. The summed E-state index contributed by atoms with van der Waals surface area (Å²) in [4.78, 5) is 7.56. The van der Waals surface area contributed by atoms with Crippen LogP contribution in [0.1, 0.15) is 49.1 Å². The number of rotatable bonds is 6. The molecular weight excluding hydrogens is 348 g/mol. The van der Waals surface area contributed by atoms with E-state index in [1.54, 1.807) is 7.11 Å². The highest BCUT2D eigenvalue weighted by atomic mass is 16.5. The predicted octanol–water partition coefficient (Wildman–Crippen LogP) is 4.75. The smallest absolute Gasteiger partial charge is 0.165 e. The van der Waals surface area contributed by atoms with Crippen LogP contribution in [0.15, 0.2) is 18.3 Å². The molecule has 0 N–H and O–H groups in total. The maximum atomic E-state index is 5.45. The molecule has 1 aliphatic rings. The number of aryl methyl sites for hydroxylation is 3. The van der Waals surface area contributed by atoms with Crippen molar-refractivity contribution in [1.82, 2.24) is 14.6 Å². The first kappa shape index (κ1) is 18.8. The minimum absolute atomic E-state index is 0.893. The van der Waals surface area contributed by atoms with Crippen molar-refractivity contribution in [3.05, 3.63) is 40.7 Å². The molecule has 0 saturated carbocycles. The van der Waals surface area contributed by atoms with Gasteiger partial charge in [-0.25, -0.2) is 4.98 Å².